The van der Waals surface area contributed by atoms with Gasteiger partial charge in [-0.2, -0.15) is 4.98 Å². The molecule has 0 spiro atoms. The summed E-state index contributed by atoms with van der Waals surface area (Å²) in [5.74, 6) is 1.61. The Morgan fingerprint density at radius 3 is 2.91 bits per heavy atom. The number of rotatable bonds is 6. The average molecular weight is 305 g/mol. The van der Waals surface area contributed by atoms with E-state index in [0.717, 1.165) is 31.8 Å². The second kappa shape index (κ2) is 7.35. The molecule has 0 aliphatic carbocycles. The highest BCUT2D eigenvalue weighted by molar-refractivity contribution is 5.23. The number of aryl methyl sites for hydroxylation is 1. The minimum Gasteiger partial charge on any atom is -0.482 e. The number of hydrogen-bond acceptors (Lipinski definition) is 5. The van der Waals surface area contributed by atoms with E-state index < -0.39 is 5.82 Å². The van der Waals surface area contributed by atoms with Gasteiger partial charge in [-0.1, -0.05) is 17.3 Å². The van der Waals surface area contributed by atoms with Gasteiger partial charge in [0.15, 0.2) is 18.2 Å². The molecule has 5 nitrogen and oxygen atoms in total. The molecule has 1 aromatic carbocycles. The molecule has 0 amide bonds. The molecule has 2 heterocycles. The molecule has 0 saturated carbocycles. The fourth-order valence-electron chi connectivity index (χ4n) is 2.65. The van der Waals surface area contributed by atoms with Crippen molar-refractivity contribution >= 4 is 0 Å². The zero-order chi connectivity index (χ0) is 15.2. The summed E-state index contributed by atoms with van der Waals surface area (Å²) in [7, 11) is 0. The number of hydrogen-bond donors (Lipinski definition) is 1. The molecule has 2 aromatic rings. The summed E-state index contributed by atoms with van der Waals surface area (Å²) in [6.07, 6.45) is 4.27. The van der Waals surface area contributed by atoms with Crippen molar-refractivity contribution in [1.82, 2.24) is 15.5 Å². The van der Waals surface area contributed by atoms with Gasteiger partial charge in [0, 0.05) is 6.42 Å². The lowest BCUT2D eigenvalue weighted by molar-refractivity contribution is 0.271. The molecular formula is C16H20FN3O2. The van der Waals surface area contributed by atoms with Crippen LogP contribution in [-0.4, -0.2) is 23.2 Å². The van der Waals surface area contributed by atoms with E-state index in [1.54, 1.807) is 18.2 Å². The van der Waals surface area contributed by atoms with E-state index in [0.29, 0.717) is 11.7 Å². The van der Waals surface area contributed by atoms with Crippen LogP contribution in [-0.2, 0) is 13.0 Å². The second-order valence-electron chi connectivity index (χ2n) is 5.56. The van der Waals surface area contributed by atoms with Crippen LogP contribution in [0.3, 0.4) is 0 Å². The van der Waals surface area contributed by atoms with E-state index in [1.165, 1.54) is 18.9 Å². The van der Waals surface area contributed by atoms with Gasteiger partial charge >= 0.3 is 0 Å². The number of nitrogens with one attached hydrogen (secondary N) is 1. The molecule has 0 radical (unpaired) electrons. The first-order chi connectivity index (χ1) is 10.8. The summed E-state index contributed by atoms with van der Waals surface area (Å²) in [4.78, 5) is 4.30. The fourth-order valence-corrected chi connectivity index (χ4v) is 2.65. The number of piperidine rings is 1. The van der Waals surface area contributed by atoms with E-state index in [9.17, 15) is 4.39 Å². The van der Waals surface area contributed by atoms with Gasteiger partial charge in [0.1, 0.15) is 0 Å². The molecular weight excluding hydrogens is 285 g/mol. The topological polar surface area (TPSA) is 60.2 Å². The number of halogens is 1. The summed E-state index contributed by atoms with van der Waals surface area (Å²) in [5, 5.41) is 7.23. The summed E-state index contributed by atoms with van der Waals surface area (Å²) >= 11 is 0. The molecule has 1 aliphatic heterocycles. The van der Waals surface area contributed by atoms with Crippen LogP contribution in [0, 0.1) is 11.7 Å². The maximum Gasteiger partial charge on any atom is 0.226 e. The van der Waals surface area contributed by atoms with Crippen LogP contribution in [0.2, 0.25) is 0 Å². The molecule has 6 heteroatoms. The molecule has 22 heavy (non-hydrogen) atoms. The van der Waals surface area contributed by atoms with Gasteiger partial charge in [0.2, 0.25) is 11.7 Å². The minimum absolute atomic E-state index is 0.109. The maximum absolute atomic E-state index is 13.4. The van der Waals surface area contributed by atoms with Crippen molar-refractivity contribution in [3.05, 3.63) is 41.8 Å². The van der Waals surface area contributed by atoms with Crippen LogP contribution in [0.25, 0.3) is 0 Å². The predicted molar refractivity (Wildman–Crippen MR) is 78.9 cm³/mol. The minimum atomic E-state index is -0.392. The number of aromatic nitrogens is 2. The molecule has 1 aliphatic rings. The quantitative estimate of drug-likeness (QED) is 0.889. The monoisotopic (exact) mass is 305 g/mol. The summed E-state index contributed by atoms with van der Waals surface area (Å²) in [6, 6.07) is 6.28. The number of benzene rings is 1. The van der Waals surface area contributed by atoms with Crippen molar-refractivity contribution < 1.29 is 13.7 Å². The lowest BCUT2D eigenvalue weighted by atomic mass is 9.93. The standard InChI is InChI=1S/C16H20FN3O2/c17-13-3-1-2-4-14(13)21-11-15-19-16(22-20-15)6-5-12-7-9-18-10-8-12/h1-4,12,18H,5-11H2. The van der Waals surface area contributed by atoms with E-state index in [2.05, 4.69) is 15.5 Å². The van der Waals surface area contributed by atoms with Crippen molar-refractivity contribution in [3.63, 3.8) is 0 Å². The molecule has 118 valence electrons. The molecule has 1 fully saturated rings. The third-order valence-corrected chi connectivity index (χ3v) is 3.93. The van der Waals surface area contributed by atoms with Crippen molar-refractivity contribution in [2.75, 3.05) is 13.1 Å². The molecule has 0 unspecified atom stereocenters. The Kier molecular flexibility index (Phi) is 5.00. The van der Waals surface area contributed by atoms with Crippen LogP contribution in [0.15, 0.2) is 28.8 Å². The summed E-state index contributed by atoms with van der Waals surface area (Å²) < 4.78 is 24.0. The van der Waals surface area contributed by atoms with Gasteiger partial charge in [-0.3, -0.25) is 0 Å². The first-order valence-electron chi connectivity index (χ1n) is 7.71. The van der Waals surface area contributed by atoms with E-state index in [1.807, 2.05) is 0 Å². The van der Waals surface area contributed by atoms with Crippen LogP contribution in [0.1, 0.15) is 31.0 Å². The fraction of sp³-hybridized carbons (Fsp3) is 0.500. The first kappa shape index (κ1) is 15.0. The zero-order valence-corrected chi connectivity index (χ0v) is 12.4. The summed E-state index contributed by atoms with van der Waals surface area (Å²) in [5.41, 5.74) is 0. The molecule has 1 N–H and O–H groups in total. The SMILES string of the molecule is Fc1ccccc1OCc1noc(CCC2CCNCC2)n1. The van der Waals surface area contributed by atoms with Crippen molar-refractivity contribution in [3.8, 4) is 5.75 Å². The van der Waals surface area contributed by atoms with Gasteiger partial charge in [-0.25, -0.2) is 4.39 Å². The van der Waals surface area contributed by atoms with E-state index in [-0.39, 0.29) is 12.4 Å². The normalized spacial score (nSPS) is 15.9. The highest BCUT2D eigenvalue weighted by Gasteiger charge is 2.15. The predicted octanol–water partition coefficient (Wildman–Crippen LogP) is 2.72. The third kappa shape index (κ3) is 4.04. The van der Waals surface area contributed by atoms with Gasteiger partial charge in [-0.05, 0) is 50.4 Å². The Morgan fingerprint density at radius 1 is 1.27 bits per heavy atom. The molecule has 3 rings (SSSR count). The van der Waals surface area contributed by atoms with Gasteiger partial charge < -0.3 is 14.6 Å². The Balaban J connectivity index is 1.47. The number of ether oxygens (including phenoxy) is 1. The molecule has 0 bridgehead atoms. The second-order valence-corrected chi connectivity index (χ2v) is 5.56. The van der Waals surface area contributed by atoms with E-state index in [4.69, 9.17) is 9.26 Å². The van der Waals surface area contributed by atoms with Crippen molar-refractivity contribution in [2.45, 2.75) is 32.3 Å². The maximum atomic E-state index is 13.4. The molecule has 0 atom stereocenters. The summed E-state index contributed by atoms with van der Waals surface area (Å²) in [6.45, 7) is 2.30. The highest BCUT2D eigenvalue weighted by Crippen LogP contribution is 2.19. The van der Waals surface area contributed by atoms with Crippen LogP contribution in [0.5, 0.6) is 5.75 Å². The highest BCUT2D eigenvalue weighted by atomic mass is 19.1. The van der Waals surface area contributed by atoms with Gasteiger partial charge in [0.05, 0.1) is 0 Å². The number of para-hydroxylation sites is 1. The van der Waals surface area contributed by atoms with E-state index >= 15 is 0 Å². The average Bonchev–Trinajstić information content (AvgIpc) is 3.01. The third-order valence-electron chi connectivity index (χ3n) is 3.93. The Morgan fingerprint density at radius 2 is 2.09 bits per heavy atom. The lowest BCUT2D eigenvalue weighted by Crippen LogP contribution is -2.27. The van der Waals surface area contributed by atoms with Gasteiger partial charge in [-0.15, -0.1) is 0 Å². The van der Waals surface area contributed by atoms with Crippen LogP contribution >= 0.6 is 0 Å². The van der Waals surface area contributed by atoms with Crippen molar-refractivity contribution in [2.24, 2.45) is 5.92 Å². The number of nitrogens with zero attached hydrogens (tertiary/aromatic N) is 2. The molecule has 1 saturated heterocycles. The first-order valence-corrected chi connectivity index (χ1v) is 7.71. The largest absolute Gasteiger partial charge is 0.482 e. The lowest BCUT2D eigenvalue weighted by Gasteiger charge is -2.21. The Labute approximate surface area is 128 Å². The molecule has 1 aromatic heterocycles. The van der Waals surface area contributed by atoms with Crippen LogP contribution < -0.4 is 10.1 Å². The van der Waals surface area contributed by atoms with Crippen LogP contribution in [0.4, 0.5) is 4.39 Å². The van der Waals surface area contributed by atoms with Crippen molar-refractivity contribution in [1.29, 1.82) is 0 Å². The zero-order valence-electron chi connectivity index (χ0n) is 12.4. The Hall–Kier alpha value is -1.95. The van der Waals surface area contributed by atoms with Gasteiger partial charge in [0.25, 0.3) is 0 Å². The Bertz CT molecular complexity index is 597. The smallest absolute Gasteiger partial charge is 0.226 e.